The van der Waals surface area contributed by atoms with E-state index < -0.39 is 0 Å². The first-order valence-electron chi connectivity index (χ1n) is 10.9. The highest BCUT2D eigenvalue weighted by Gasteiger charge is 2.48. The van der Waals surface area contributed by atoms with E-state index in [1.165, 1.54) is 45.1 Å². The molecule has 2 saturated heterocycles. The zero-order chi connectivity index (χ0) is 21.8. The Kier molecular flexibility index (Phi) is 6.83. The van der Waals surface area contributed by atoms with Crippen molar-refractivity contribution in [3.63, 3.8) is 0 Å². The standard InChI is InChI=1S/C21H28FN5S.CH2O2/c1-2-25-13-21(14-25)4-3-17(10-21)26-5-7-27(8-6-26)18-9-16(22)11-24-20(18)19-12-23-15-28-19;2-1-3/h9,11-12,15,17H,2-8,10,13-14H2,1H3;1H,(H,2,3). The van der Waals surface area contributed by atoms with Crippen molar-refractivity contribution in [3.8, 4) is 10.6 Å². The van der Waals surface area contributed by atoms with E-state index in [4.69, 9.17) is 9.90 Å². The number of hydrogen-bond donors (Lipinski definition) is 1. The van der Waals surface area contributed by atoms with Crippen LogP contribution >= 0.6 is 11.3 Å². The molecule has 1 aliphatic carbocycles. The molecule has 3 fully saturated rings. The number of pyridine rings is 1. The van der Waals surface area contributed by atoms with Crippen LogP contribution in [0.4, 0.5) is 10.1 Å². The van der Waals surface area contributed by atoms with E-state index in [0.29, 0.717) is 5.41 Å². The first-order valence-corrected chi connectivity index (χ1v) is 11.8. The fourth-order valence-corrected chi connectivity index (χ4v) is 6.05. The van der Waals surface area contributed by atoms with Crippen molar-refractivity contribution < 1.29 is 14.3 Å². The molecule has 0 bridgehead atoms. The molecule has 4 heterocycles. The van der Waals surface area contributed by atoms with E-state index >= 15 is 0 Å². The molecular weight excluding hydrogens is 417 g/mol. The second-order valence-corrected chi connectivity index (χ2v) is 9.60. The first kappa shape index (κ1) is 22.1. The Balaban J connectivity index is 0.000000730. The predicted octanol–water partition coefficient (Wildman–Crippen LogP) is 3.04. The van der Waals surface area contributed by atoms with Gasteiger partial charge in [0.1, 0.15) is 11.5 Å². The lowest BCUT2D eigenvalue weighted by Gasteiger charge is -2.49. The van der Waals surface area contributed by atoms with Crippen LogP contribution in [0.15, 0.2) is 24.0 Å². The fourth-order valence-electron chi connectivity index (χ4n) is 5.42. The number of thiazole rings is 1. The van der Waals surface area contributed by atoms with Crippen LogP contribution in [0.5, 0.6) is 0 Å². The Labute approximate surface area is 186 Å². The maximum absolute atomic E-state index is 13.9. The first-order chi connectivity index (χ1) is 15.1. The summed E-state index contributed by atoms with van der Waals surface area (Å²) in [5, 5.41) is 6.89. The number of nitrogens with zero attached hydrogens (tertiary/aromatic N) is 5. The Hall–Kier alpha value is -2.10. The second-order valence-electron chi connectivity index (χ2n) is 8.72. The van der Waals surface area contributed by atoms with Gasteiger partial charge in [0, 0.05) is 57.6 Å². The molecule has 5 rings (SSSR count). The summed E-state index contributed by atoms with van der Waals surface area (Å²) in [6.45, 7) is 9.77. The van der Waals surface area contributed by atoms with E-state index in [2.05, 4.69) is 31.6 Å². The third-order valence-electron chi connectivity index (χ3n) is 6.91. The van der Waals surface area contributed by atoms with Gasteiger partial charge in [0.25, 0.3) is 6.47 Å². The van der Waals surface area contributed by atoms with Gasteiger partial charge in [-0.2, -0.15) is 0 Å². The van der Waals surface area contributed by atoms with Crippen LogP contribution in [-0.4, -0.2) is 83.2 Å². The van der Waals surface area contributed by atoms with Crippen molar-refractivity contribution in [1.82, 2.24) is 19.8 Å². The minimum Gasteiger partial charge on any atom is -0.483 e. The van der Waals surface area contributed by atoms with Gasteiger partial charge in [-0.15, -0.1) is 11.3 Å². The summed E-state index contributed by atoms with van der Waals surface area (Å²) < 4.78 is 13.9. The summed E-state index contributed by atoms with van der Waals surface area (Å²) in [6.07, 6.45) is 7.21. The van der Waals surface area contributed by atoms with Gasteiger partial charge in [0.05, 0.1) is 22.3 Å². The number of anilines is 1. The maximum atomic E-state index is 13.9. The van der Waals surface area contributed by atoms with E-state index in [0.717, 1.165) is 48.5 Å². The van der Waals surface area contributed by atoms with E-state index in [9.17, 15) is 4.39 Å². The lowest BCUT2D eigenvalue weighted by molar-refractivity contribution is -0.122. The van der Waals surface area contributed by atoms with Crippen molar-refractivity contribution in [1.29, 1.82) is 0 Å². The predicted molar refractivity (Wildman–Crippen MR) is 120 cm³/mol. The smallest absolute Gasteiger partial charge is 0.290 e. The summed E-state index contributed by atoms with van der Waals surface area (Å²) in [7, 11) is 0. The zero-order valence-electron chi connectivity index (χ0n) is 17.9. The second kappa shape index (κ2) is 9.58. The minimum atomic E-state index is -0.270. The molecule has 31 heavy (non-hydrogen) atoms. The average molecular weight is 448 g/mol. The quantitative estimate of drug-likeness (QED) is 0.722. The molecule has 1 N–H and O–H groups in total. The van der Waals surface area contributed by atoms with E-state index in [-0.39, 0.29) is 12.3 Å². The Morgan fingerprint density at radius 3 is 2.68 bits per heavy atom. The SMILES string of the molecule is CCN1CC2(CCC(N3CCN(c4cc(F)cnc4-c4cncs4)CC3)C2)C1.O=CO. The van der Waals surface area contributed by atoms with Gasteiger partial charge in [0.2, 0.25) is 0 Å². The van der Waals surface area contributed by atoms with Gasteiger partial charge in [-0.3, -0.25) is 19.7 Å². The monoisotopic (exact) mass is 447 g/mol. The third-order valence-corrected chi connectivity index (χ3v) is 7.69. The van der Waals surface area contributed by atoms with Crippen LogP contribution in [0.2, 0.25) is 0 Å². The highest BCUT2D eigenvalue weighted by atomic mass is 32.1. The number of likely N-dealkylation sites (tertiary alicyclic amines) is 1. The molecule has 3 aliphatic rings. The molecule has 0 amide bonds. The molecule has 2 aromatic rings. The van der Waals surface area contributed by atoms with Crippen LogP contribution in [0, 0.1) is 11.2 Å². The van der Waals surface area contributed by atoms with Gasteiger partial charge in [0.15, 0.2) is 0 Å². The molecule has 2 aromatic heterocycles. The van der Waals surface area contributed by atoms with Crippen molar-refractivity contribution in [2.75, 3.05) is 50.7 Å². The molecule has 168 valence electrons. The van der Waals surface area contributed by atoms with Gasteiger partial charge in [-0.25, -0.2) is 4.39 Å². The lowest BCUT2D eigenvalue weighted by Crippen LogP contribution is -2.56. The van der Waals surface area contributed by atoms with Gasteiger partial charge in [-0.1, -0.05) is 6.92 Å². The molecule has 2 aliphatic heterocycles. The lowest BCUT2D eigenvalue weighted by atomic mass is 9.78. The Bertz CT molecular complexity index is 867. The maximum Gasteiger partial charge on any atom is 0.290 e. The summed E-state index contributed by atoms with van der Waals surface area (Å²) >= 11 is 1.55. The molecule has 7 nitrogen and oxygen atoms in total. The summed E-state index contributed by atoms with van der Waals surface area (Å²) in [5.74, 6) is -0.270. The van der Waals surface area contributed by atoms with E-state index in [1.54, 1.807) is 22.9 Å². The molecule has 1 spiro atoms. The number of piperazine rings is 1. The minimum absolute atomic E-state index is 0.250. The number of halogens is 1. The van der Waals surface area contributed by atoms with Gasteiger partial charge < -0.3 is 14.9 Å². The Morgan fingerprint density at radius 1 is 1.29 bits per heavy atom. The molecule has 1 unspecified atom stereocenters. The summed E-state index contributed by atoms with van der Waals surface area (Å²) in [4.78, 5) is 25.5. The summed E-state index contributed by atoms with van der Waals surface area (Å²) in [6, 6.07) is 2.36. The van der Waals surface area contributed by atoms with Gasteiger partial charge in [-0.05, 0) is 31.2 Å². The van der Waals surface area contributed by atoms with Crippen molar-refractivity contribution in [2.24, 2.45) is 5.41 Å². The normalized spacial score (nSPS) is 23.3. The number of aromatic nitrogens is 2. The Morgan fingerprint density at radius 2 is 2.03 bits per heavy atom. The number of hydrogen-bond acceptors (Lipinski definition) is 7. The number of carbonyl (C=O) groups is 1. The number of carboxylic acid groups (broad SMARTS) is 1. The molecule has 9 heteroatoms. The van der Waals surface area contributed by atoms with Crippen LogP contribution in [-0.2, 0) is 4.79 Å². The van der Waals surface area contributed by atoms with Crippen LogP contribution in [0.3, 0.4) is 0 Å². The molecule has 1 atom stereocenters. The van der Waals surface area contributed by atoms with Crippen LogP contribution in [0.25, 0.3) is 10.6 Å². The highest BCUT2D eigenvalue weighted by molar-refractivity contribution is 7.13. The van der Waals surface area contributed by atoms with Crippen molar-refractivity contribution in [2.45, 2.75) is 32.2 Å². The topological polar surface area (TPSA) is 72.8 Å². The van der Waals surface area contributed by atoms with Crippen molar-refractivity contribution in [3.05, 3.63) is 29.8 Å². The fraction of sp³-hybridized carbons (Fsp3) is 0.591. The summed E-state index contributed by atoms with van der Waals surface area (Å²) in [5.41, 5.74) is 4.16. The number of rotatable bonds is 4. The third kappa shape index (κ3) is 4.73. The van der Waals surface area contributed by atoms with E-state index in [1.807, 2.05) is 6.20 Å². The largest absolute Gasteiger partial charge is 0.483 e. The van der Waals surface area contributed by atoms with Crippen molar-refractivity contribution >= 4 is 23.5 Å². The average Bonchev–Trinajstić information content (AvgIpc) is 3.44. The molecule has 0 radical (unpaired) electrons. The van der Waals surface area contributed by atoms with Gasteiger partial charge >= 0.3 is 0 Å². The zero-order valence-corrected chi connectivity index (χ0v) is 18.7. The highest BCUT2D eigenvalue weighted by Crippen LogP contribution is 2.47. The van der Waals surface area contributed by atoms with Crippen LogP contribution in [0.1, 0.15) is 26.2 Å². The molecular formula is C22H30FN5O2S. The van der Waals surface area contributed by atoms with Crippen LogP contribution < -0.4 is 4.90 Å². The molecule has 1 saturated carbocycles. The molecule has 0 aromatic carbocycles.